The molecule has 0 aromatic heterocycles. The van der Waals surface area contributed by atoms with Crippen LogP contribution in [0.3, 0.4) is 0 Å². The molecule has 22 aromatic carbocycles. The zero-order chi connectivity index (χ0) is 85.6. The van der Waals surface area contributed by atoms with Gasteiger partial charge in [0.2, 0.25) is 0 Å². The molecule has 0 nitrogen and oxygen atoms in total. The van der Waals surface area contributed by atoms with Crippen LogP contribution in [0.15, 0.2) is 449 Å². The van der Waals surface area contributed by atoms with Gasteiger partial charge in [-0.3, -0.25) is 0 Å². The monoisotopic (exact) mass is 1890 g/mol. The van der Waals surface area contributed by atoms with Gasteiger partial charge in [0.05, 0.1) is 0 Å². The van der Waals surface area contributed by atoms with Crippen LogP contribution in [-0.4, -0.2) is 63.9 Å². The predicted molar refractivity (Wildman–Crippen MR) is 565 cm³/mol. The van der Waals surface area contributed by atoms with Crippen molar-refractivity contribution in [1.29, 1.82) is 0 Å². The fourth-order valence-corrected chi connectivity index (χ4v) is 36.3. The van der Waals surface area contributed by atoms with Crippen LogP contribution in [0.25, 0.3) is 199 Å². The van der Waals surface area contributed by atoms with Crippen LogP contribution >= 0.6 is 0 Å². The van der Waals surface area contributed by atoms with Gasteiger partial charge in [-0.25, -0.2) is 0 Å². The van der Waals surface area contributed by atoms with Crippen molar-refractivity contribution in [1.82, 2.24) is 0 Å². The standard InChI is InChI=1S/2C63H42Ge2/c64-58-34-9-4-18-41(58)39-17-11-16-38(36-39)40-23-12-25-47-53(40)37-54-42(50-28-15-29-51-46-22-5-10-35-59(46)65-62(50)51)24-13-26-48(54)60(47)52-30-14-27-49-45-21-3-8-33-57(45)63(61(49)52)55-31-6-1-19-43(55)44-20-2-7-32-56(44)63;64-57-34-11-6-22-45(57)39-18-2-1-17-38(39)40-24-13-26-47-52(40)37-53-41(46-28-16-36-59-61(46)50-23-7-12-35-58(50)65-59)25-14-27-48(53)60(47)51-30-15-29-49-44-21-5-10-33-56(44)63(62(49)51)54-31-8-3-19-42(54)43-20-4-9-32-55(43)63/h2*1-37H,65H2,64H3. The fraction of sp³-hybridized carbons (Fsp3) is 0.0159. The Balaban J connectivity index is 0.000000134. The summed E-state index contributed by atoms with van der Waals surface area (Å²) in [6.07, 6.45) is 0. The Labute approximate surface area is 786 Å². The molecule has 0 saturated carbocycles. The zero-order valence-corrected chi connectivity index (χ0v) is 86.5. The summed E-state index contributed by atoms with van der Waals surface area (Å²) in [4.78, 5) is 0. The Hall–Kier alpha value is -13.9. The number of fused-ring (bicyclic) bond motifs is 30. The summed E-state index contributed by atoms with van der Waals surface area (Å²) in [5.74, 6) is 0. The first kappa shape index (κ1) is 76.1. The average molecular weight is 1890 g/mol. The molecule has 2 aliphatic heterocycles. The molecule has 0 amide bonds. The molecular weight excluding hydrogens is 1800 g/mol. The van der Waals surface area contributed by atoms with Crippen molar-refractivity contribution >= 4 is 133 Å². The minimum atomic E-state index is -1.25. The summed E-state index contributed by atoms with van der Waals surface area (Å²) in [5.41, 5.74) is 47.4. The molecule has 2 heterocycles. The molecule has 0 unspecified atom stereocenters. The van der Waals surface area contributed by atoms with E-state index in [4.69, 9.17) is 0 Å². The van der Waals surface area contributed by atoms with Gasteiger partial charge in [-0.1, -0.05) is 60.7 Å². The molecule has 0 fully saturated rings. The molecule has 4 heteroatoms. The summed E-state index contributed by atoms with van der Waals surface area (Å²) < 4.78 is 9.31. The summed E-state index contributed by atoms with van der Waals surface area (Å²) in [5, 5.41) is 10.3. The Kier molecular flexibility index (Phi) is 17.5. The van der Waals surface area contributed by atoms with E-state index in [0.29, 0.717) is 33.0 Å². The summed E-state index contributed by atoms with van der Waals surface area (Å²) >= 11 is -1.28. The molecule has 0 atom stereocenters. The molecule has 0 N–H and O–H groups in total. The Morgan fingerprint density at radius 1 is 0.154 bits per heavy atom. The van der Waals surface area contributed by atoms with Crippen LogP contribution in [0.1, 0.15) is 44.5 Å². The Morgan fingerprint density at radius 3 is 0.900 bits per heavy atom. The van der Waals surface area contributed by atoms with Gasteiger partial charge in [-0.15, -0.1) is 0 Å². The van der Waals surface area contributed by atoms with Crippen molar-refractivity contribution in [3.8, 4) is 156 Å². The zero-order valence-electron chi connectivity index (χ0n) is 72.1. The molecule has 22 aromatic rings. The SMILES string of the molecule is [GeH3][c]1ccccc1-c1cccc(-c2cccc3c(-c4cccc5c4C4(c6ccccc6-c6ccccc64)c4ccccc4-5)c4cccc(-c5cccc6[c]5[GeH2][c]5ccccc5-6)c4cc23)c1.[GeH3][c]1ccccc1-c1ccccc1-c1cccc2c(-c3cccc4c3C3(c5ccccc5-c5ccccc53)c3ccccc3-4)c3cccc(-c4ccc[c]5c4-c4cccc[c]4[GeH2]5)c3cc12. The molecule has 0 radical (unpaired) electrons. The fourth-order valence-electron chi connectivity index (χ4n) is 25.0. The van der Waals surface area contributed by atoms with Crippen molar-refractivity contribution in [2.75, 3.05) is 0 Å². The van der Waals surface area contributed by atoms with E-state index in [2.05, 4.69) is 449 Å². The van der Waals surface area contributed by atoms with E-state index in [-0.39, 0.29) is 0 Å². The second-order valence-electron chi connectivity index (χ2n) is 36.4. The van der Waals surface area contributed by atoms with Crippen LogP contribution in [0, 0.1) is 0 Å². The Morgan fingerprint density at radius 2 is 0.431 bits per heavy atom. The molecule has 6 aliphatic rings. The maximum absolute atomic E-state index is 2.56. The second-order valence-corrected chi connectivity index (χ2v) is 48.7. The van der Waals surface area contributed by atoms with Crippen LogP contribution < -0.4 is 26.4 Å². The van der Waals surface area contributed by atoms with E-state index in [0.717, 1.165) is 0 Å². The van der Waals surface area contributed by atoms with Gasteiger partial charge in [-0.05, 0) is 0 Å². The number of hydrogen-bond acceptors (Lipinski definition) is 0. The van der Waals surface area contributed by atoms with E-state index < -0.39 is 41.7 Å². The third-order valence-corrected chi connectivity index (χ3v) is 42.4. The Bertz CT molecular complexity index is 8550. The van der Waals surface area contributed by atoms with Crippen molar-refractivity contribution in [3.05, 3.63) is 493 Å². The van der Waals surface area contributed by atoms with E-state index in [1.165, 1.54) is 252 Å². The molecule has 130 heavy (non-hydrogen) atoms. The van der Waals surface area contributed by atoms with Gasteiger partial charge >= 0.3 is 733 Å². The van der Waals surface area contributed by atoms with Gasteiger partial charge in [0.1, 0.15) is 0 Å². The van der Waals surface area contributed by atoms with E-state index in [9.17, 15) is 0 Å². The van der Waals surface area contributed by atoms with Crippen molar-refractivity contribution in [2.24, 2.45) is 0 Å². The van der Waals surface area contributed by atoms with E-state index >= 15 is 0 Å². The van der Waals surface area contributed by atoms with Crippen molar-refractivity contribution in [3.63, 3.8) is 0 Å². The summed E-state index contributed by atoms with van der Waals surface area (Å²) in [6, 6.07) is 172. The van der Waals surface area contributed by atoms with E-state index in [1.807, 2.05) is 0 Å². The van der Waals surface area contributed by atoms with Gasteiger partial charge in [0.25, 0.3) is 0 Å². The molecule has 2 spiro atoms. The van der Waals surface area contributed by atoms with Gasteiger partial charge in [0, 0.05) is 0 Å². The summed E-state index contributed by atoms with van der Waals surface area (Å²) in [7, 11) is 0. The number of rotatable bonds is 8. The summed E-state index contributed by atoms with van der Waals surface area (Å²) in [6.45, 7) is 0. The first-order chi connectivity index (χ1) is 64.4. The molecule has 4 aliphatic carbocycles. The molecule has 28 rings (SSSR count). The van der Waals surface area contributed by atoms with Crippen molar-refractivity contribution in [2.45, 2.75) is 10.8 Å². The topological polar surface area (TPSA) is 0 Å². The normalized spacial score (nSPS) is 13.8. The van der Waals surface area contributed by atoms with Crippen LogP contribution in [-0.2, 0) is 10.8 Å². The van der Waals surface area contributed by atoms with E-state index in [1.54, 1.807) is 17.6 Å². The van der Waals surface area contributed by atoms with Gasteiger partial charge in [0.15, 0.2) is 0 Å². The molecular formula is C126H84Ge4. The maximum atomic E-state index is 2.56. The minimum absolute atomic E-state index is 0.481. The predicted octanol–water partition coefficient (Wildman–Crippen LogP) is 24.2. The van der Waals surface area contributed by atoms with Crippen LogP contribution in [0.2, 0.25) is 0 Å². The van der Waals surface area contributed by atoms with Crippen molar-refractivity contribution < 1.29 is 0 Å². The second kappa shape index (κ2) is 29.8. The van der Waals surface area contributed by atoms with Crippen LogP contribution in [0.5, 0.6) is 0 Å². The third kappa shape index (κ3) is 10.9. The quantitative estimate of drug-likeness (QED) is 0.105. The molecule has 0 saturated heterocycles. The first-order valence-electron chi connectivity index (χ1n) is 45.9. The first-order valence-corrected chi connectivity index (χ1v) is 56.1. The third-order valence-electron chi connectivity index (χ3n) is 30.2. The van der Waals surface area contributed by atoms with Gasteiger partial charge in [-0.2, -0.15) is 0 Å². The average Bonchev–Trinajstić information content (AvgIpc) is 1.51. The molecule has 0 bridgehead atoms. The van der Waals surface area contributed by atoms with Crippen LogP contribution in [0.4, 0.5) is 0 Å². The number of hydrogen-bond donors (Lipinski definition) is 0. The number of benzene rings is 22. The molecule has 604 valence electrons. The van der Waals surface area contributed by atoms with Gasteiger partial charge < -0.3 is 0 Å².